The minimum absolute atomic E-state index is 0.0803. The lowest BCUT2D eigenvalue weighted by molar-refractivity contribution is 0.811. The number of benzene rings is 4. The summed E-state index contributed by atoms with van der Waals surface area (Å²) in [5.41, 5.74) is 3.68. The van der Waals surface area contributed by atoms with E-state index in [1.807, 2.05) is 24.3 Å². The molecule has 6 rings (SSSR count). The van der Waals surface area contributed by atoms with Gasteiger partial charge in [0.05, 0.1) is 16.8 Å². The van der Waals surface area contributed by atoms with Crippen molar-refractivity contribution < 1.29 is 0 Å². The molecule has 0 amide bonds. The van der Waals surface area contributed by atoms with E-state index in [4.69, 9.17) is 11.6 Å². The summed E-state index contributed by atoms with van der Waals surface area (Å²) >= 11 is 6.21. The van der Waals surface area contributed by atoms with E-state index in [0.717, 1.165) is 40.9 Å². The van der Waals surface area contributed by atoms with Crippen LogP contribution in [-0.4, -0.2) is 11.1 Å². The Kier molecular flexibility index (Phi) is 3.83. The lowest BCUT2D eigenvalue weighted by Crippen LogP contribution is -2.14. The largest absolute Gasteiger partial charge is 0.369 e. The molecule has 2 aliphatic heterocycles. The molecule has 3 aliphatic rings. The molecule has 0 fully saturated rings. The van der Waals surface area contributed by atoms with Crippen LogP contribution in [0.25, 0.3) is 43.9 Å². The summed E-state index contributed by atoms with van der Waals surface area (Å²) in [5.74, 6) is 0.777. The van der Waals surface area contributed by atoms with Crippen molar-refractivity contribution in [2.24, 2.45) is 0 Å². The van der Waals surface area contributed by atoms with E-state index in [2.05, 4.69) is 40.2 Å². The molecule has 0 aromatic heterocycles. The van der Waals surface area contributed by atoms with Gasteiger partial charge in [0.25, 0.3) is 0 Å². The molecule has 31 heavy (non-hydrogen) atoms. The highest BCUT2D eigenvalue weighted by Gasteiger charge is 2.27. The van der Waals surface area contributed by atoms with Crippen LogP contribution in [0.1, 0.15) is 5.56 Å². The fraction of sp³-hybridized carbons (Fsp3) is 0.0769. The molecule has 3 aromatic rings. The van der Waals surface area contributed by atoms with E-state index in [-0.39, 0.29) is 5.43 Å². The molecule has 0 unspecified atom stereocenters. The Morgan fingerprint density at radius 3 is 2.65 bits per heavy atom. The van der Waals surface area contributed by atoms with Crippen LogP contribution in [0.15, 0.2) is 71.5 Å². The first kappa shape index (κ1) is 18.0. The summed E-state index contributed by atoms with van der Waals surface area (Å²) in [6.07, 6.45) is 0. The van der Waals surface area contributed by atoms with Gasteiger partial charge in [0.15, 0.2) is 5.43 Å². The highest BCUT2D eigenvalue weighted by Crippen LogP contribution is 2.41. The fourth-order valence-corrected chi connectivity index (χ4v) is 4.96. The van der Waals surface area contributed by atoms with Crippen LogP contribution in [0.4, 0.5) is 5.82 Å². The van der Waals surface area contributed by atoms with Crippen molar-refractivity contribution in [2.45, 2.75) is 6.54 Å². The Bertz CT molecular complexity index is 1600. The monoisotopic (exact) mass is 421 g/mol. The average molecular weight is 422 g/mol. The van der Waals surface area contributed by atoms with Gasteiger partial charge in [-0.25, -0.2) is 0 Å². The lowest BCUT2D eigenvalue weighted by Gasteiger charge is -2.21. The van der Waals surface area contributed by atoms with Crippen LogP contribution in [-0.2, 0) is 6.54 Å². The molecular weight excluding hydrogens is 406 g/mol. The summed E-state index contributed by atoms with van der Waals surface area (Å²) in [5, 5.41) is 17.4. The smallest absolute Gasteiger partial charge is 0.197 e. The normalized spacial score (nSPS) is 12.8. The second-order valence-corrected chi connectivity index (χ2v) is 8.21. The minimum Gasteiger partial charge on any atom is -0.369 e. The Balaban J connectivity index is 1.82. The molecule has 3 aromatic carbocycles. The topological polar surface area (TPSA) is 57.8 Å². The van der Waals surface area contributed by atoms with E-state index >= 15 is 0 Å². The number of anilines is 1. The maximum atomic E-state index is 13.5. The van der Waals surface area contributed by atoms with E-state index < -0.39 is 0 Å². The fourth-order valence-electron chi connectivity index (χ4n) is 4.79. The molecule has 0 saturated heterocycles. The lowest BCUT2D eigenvalue weighted by atomic mass is 9.90. The summed E-state index contributed by atoms with van der Waals surface area (Å²) in [7, 11) is 0. The third kappa shape index (κ3) is 2.51. The second kappa shape index (κ2) is 6.60. The Hall–Kier alpha value is -3.81. The number of pyridine rings is 1. The Morgan fingerprint density at radius 1 is 0.935 bits per heavy atom. The van der Waals surface area contributed by atoms with Crippen molar-refractivity contribution in [3.63, 3.8) is 0 Å². The first-order valence-electron chi connectivity index (χ1n) is 10.1. The van der Waals surface area contributed by atoms with Crippen molar-refractivity contribution in [1.82, 2.24) is 4.57 Å². The van der Waals surface area contributed by atoms with Crippen molar-refractivity contribution in [1.29, 1.82) is 5.26 Å². The molecule has 1 N–H and O–H groups in total. The van der Waals surface area contributed by atoms with Gasteiger partial charge < -0.3 is 9.88 Å². The maximum absolute atomic E-state index is 13.5. The molecule has 0 saturated carbocycles. The minimum atomic E-state index is -0.0803. The molecule has 5 heteroatoms. The van der Waals surface area contributed by atoms with Crippen LogP contribution in [0.2, 0.25) is 5.02 Å². The van der Waals surface area contributed by atoms with Gasteiger partial charge in [0.2, 0.25) is 0 Å². The zero-order chi connectivity index (χ0) is 21.1. The van der Waals surface area contributed by atoms with Gasteiger partial charge in [0.1, 0.15) is 11.9 Å². The average Bonchev–Trinajstić information content (AvgIpc) is 3.28. The number of rotatable bonds is 1. The standard InChI is InChI=1S/C26H16ClN3O/c27-16-8-9-19-20(12-16)22(14-28)21-13-23(30-11-10-29-26(30)24(21)25(19)31)18-7-3-5-15-4-1-2-6-17(15)18/h1-9,12-13,29H,10-11H2. The first-order chi connectivity index (χ1) is 15.2. The van der Waals surface area contributed by atoms with E-state index in [0.29, 0.717) is 32.5 Å². The van der Waals surface area contributed by atoms with Crippen LogP contribution in [0, 0.1) is 11.3 Å². The molecule has 0 atom stereocenters. The van der Waals surface area contributed by atoms with Crippen LogP contribution in [0.3, 0.4) is 0 Å². The number of nitriles is 1. The molecular formula is C26H16ClN3O. The molecule has 4 nitrogen and oxygen atoms in total. The van der Waals surface area contributed by atoms with Gasteiger partial charge in [-0.2, -0.15) is 5.26 Å². The van der Waals surface area contributed by atoms with Crippen LogP contribution >= 0.6 is 11.6 Å². The number of halogens is 1. The number of fused-ring (bicyclic) bond motifs is 5. The third-order valence-electron chi connectivity index (χ3n) is 6.15. The van der Waals surface area contributed by atoms with E-state index in [1.54, 1.807) is 18.2 Å². The molecule has 0 radical (unpaired) electrons. The number of hydrogen-bond donors (Lipinski definition) is 1. The van der Waals surface area contributed by atoms with Gasteiger partial charge in [0, 0.05) is 40.0 Å². The Labute approximate surface area is 183 Å². The van der Waals surface area contributed by atoms with Gasteiger partial charge in [-0.3, -0.25) is 4.79 Å². The van der Waals surface area contributed by atoms with Crippen molar-refractivity contribution in [3.8, 4) is 28.5 Å². The van der Waals surface area contributed by atoms with Crippen LogP contribution in [0.5, 0.6) is 0 Å². The van der Waals surface area contributed by atoms with Gasteiger partial charge in [-0.15, -0.1) is 0 Å². The van der Waals surface area contributed by atoms with Gasteiger partial charge in [-0.05, 0) is 35.0 Å². The summed E-state index contributed by atoms with van der Waals surface area (Å²) in [6.45, 7) is 1.49. The summed E-state index contributed by atoms with van der Waals surface area (Å²) in [6, 6.07) is 23.9. The summed E-state index contributed by atoms with van der Waals surface area (Å²) < 4.78 is 2.16. The maximum Gasteiger partial charge on any atom is 0.197 e. The zero-order valence-electron chi connectivity index (χ0n) is 16.4. The molecule has 148 valence electrons. The zero-order valence-corrected chi connectivity index (χ0v) is 17.2. The molecule has 2 heterocycles. The molecule has 0 bridgehead atoms. The molecule has 0 spiro atoms. The highest BCUT2D eigenvalue weighted by molar-refractivity contribution is 6.31. The SMILES string of the molecule is N#Cc1c2cc(-c3cccc4ccccc34)n3c(c-2c(=O)c2ccc(Cl)cc12)NCC3. The number of nitrogens with zero attached hydrogens (tertiary/aromatic N) is 2. The van der Waals surface area contributed by atoms with Crippen molar-refractivity contribution in [2.75, 3.05) is 11.9 Å². The number of hydrogen-bond acceptors (Lipinski definition) is 3. The first-order valence-corrected chi connectivity index (χ1v) is 10.5. The predicted molar refractivity (Wildman–Crippen MR) is 126 cm³/mol. The number of nitrogens with one attached hydrogen (secondary N) is 1. The second-order valence-electron chi connectivity index (χ2n) is 7.78. The number of aromatic nitrogens is 1. The summed E-state index contributed by atoms with van der Waals surface area (Å²) in [4.78, 5) is 13.5. The van der Waals surface area contributed by atoms with Crippen molar-refractivity contribution in [3.05, 3.63) is 87.5 Å². The molecule has 1 aliphatic carbocycles. The van der Waals surface area contributed by atoms with Crippen LogP contribution < -0.4 is 10.7 Å². The van der Waals surface area contributed by atoms with Gasteiger partial charge >= 0.3 is 0 Å². The highest BCUT2D eigenvalue weighted by atomic mass is 35.5. The quantitative estimate of drug-likeness (QED) is 0.344. The third-order valence-corrected chi connectivity index (χ3v) is 6.38. The van der Waals surface area contributed by atoms with Crippen molar-refractivity contribution >= 4 is 39.0 Å². The van der Waals surface area contributed by atoms with Gasteiger partial charge in [-0.1, -0.05) is 54.1 Å². The predicted octanol–water partition coefficient (Wildman–Crippen LogP) is 5.88. The Morgan fingerprint density at radius 2 is 1.77 bits per heavy atom. The van der Waals surface area contributed by atoms with E-state index in [1.165, 1.54) is 0 Å². The van der Waals surface area contributed by atoms with E-state index in [9.17, 15) is 10.1 Å².